The summed E-state index contributed by atoms with van der Waals surface area (Å²) in [7, 11) is 1.50. The Morgan fingerprint density at radius 2 is 1.84 bits per heavy atom. The van der Waals surface area contributed by atoms with Crippen LogP contribution in [0.3, 0.4) is 0 Å². The second-order valence-corrected chi connectivity index (χ2v) is 3.82. The van der Waals surface area contributed by atoms with E-state index >= 15 is 0 Å². The summed E-state index contributed by atoms with van der Waals surface area (Å²) in [6.07, 6.45) is 1.34. The van der Waals surface area contributed by atoms with Crippen molar-refractivity contribution in [3.8, 4) is 11.5 Å². The van der Waals surface area contributed by atoms with Gasteiger partial charge in [-0.15, -0.1) is 0 Å². The second-order valence-electron chi connectivity index (χ2n) is 3.82. The van der Waals surface area contributed by atoms with Crippen LogP contribution < -0.4 is 4.74 Å². The minimum Gasteiger partial charge on any atom is -0.507 e. The Hall–Kier alpha value is -2.62. The predicted octanol–water partition coefficient (Wildman–Crippen LogP) is 2.66. The van der Waals surface area contributed by atoms with Crippen LogP contribution in [0.25, 0.3) is 0 Å². The molecule has 0 atom stereocenters. The lowest BCUT2D eigenvalue weighted by Gasteiger charge is -2.03. The van der Waals surface area contributed by atoms with Gasteiger partial charge >= 0.3 is 0 Å². The maximum Gasteiger partial charge on any atom is 0.280 e. The van der Waals surface area contributed by atoms with E-state index in [-0.39, 0.29) is 5.75 Å². The number of amides is 1. The summed E-state index contributed by atoms with van der Waals surface area (Å²) in [4.78, 5) is 15.8. The molecule has 0 heterocycles. The van der Waals surface area contributed by atoms with Crippen molar-refractivity contribution < 1.29 is 14.6 Å². The molecule has 0 fully saturated rings. The Morgan fingerprint density at radius 1 is 1.16 bits per heavy atom. The van der Waals surface area contributed by atoms with Crippen molar-refractivity contribution in [1.82, 2.24) is 0 Å². The largest absolute Gasteiger partial charge is 0.507 e. The van der Waals surface area contributed by atoms with Crippen molar-refractivity contribution in [1.29, 1.82) is 0 Å². The van der Waals surface area contributed by atoms with E-state index in [9.17, 15) is 9.90 Å². The van der Waals surface area contributed by atoms with E-state index in [1.807, 2.05) is 0 Å². The number of aliphatic imine (C=N–C) groups is 1. The Balaban J connectivity index is 2.24. The number of nitrogens with zero attached hydrogens (tertiary/aromatic N) is 1. The first-order chi connectivity index (χ1) is 9.22. The van der Waals surface area contributed by atoms with E-state index in [0.717, 1.165) is 0 Å². The van der Waals surface area contributed by atoms with Crippen LogP contribution in [0.5, 0.6) is 11.5 Å². The normalized spacial score (nSPS) is 10.6. The third-order valence-corrected chi connectivity index (χ3v) is 2.60. The number of methoxy groups -OCH3 is 1. The third kappa shape index (κ3) is 2.98. The first-order valence-electron chi connectivity index (χ1n) is 5.72. The van der Waals surface area contributed by atoms with Crippen LogP contribution in [-0.2, 0) is 0 Å². The van der Waals surface area contributed by atoms with Crippen LogP contribution in [0.2, 0.25) is 0 Å². The van der Waals surface area contributed by atoms with Crippen LogP contribution in [0.1, 0.15) is 15.9 Å². The molecule has 2 aromatic rings. The molecule has 0 saturated heterocycles. The molecule has 19 heavy (non-hydrogen) atoms. The summed E-state index contributed by atoms with van der Waals surface area (Å²) in [5.41, 5.74) is 0.877. The summed E-state index contributed by atoms with van der Waals surface area (Å²) in [5, 5.41) is 9.57. The van der Waals surface area contributed by atoms with E-state index < -0.39 is 5.91 Å². The van der Waals surface area contributed by atoms with Gasteiger partial charge < -0.3 is 9.84 Å². The molecule has 0 spiro atoms. The highest BCUT2D eigenvalue weighted by Crippen LogP contribution is 2.18. The molecular weight excluding hydrogens is 242 g/mol. The van der Waals surface area contributed by atoms with Gasteiger partial charge in [0.2, 0.25) is 0 Å². The maximum absolute atomic E-state index is 11.9. The van der Waals surface area contributed by atoms with Crippen LogP contribution in [0, 0.1) is 0 Å². The van der Waals surface area contributed by atoms with Gasteiger partial charge in [-0.1, -0.05) is 24.3 Å². The van der Waals surface area contributed by atoms with Crippen molar-refractivity contribution in [2.45, 2.75) is 0 Å². The lowest BCUT2D eigenvalue weighted by Crippen LogP contribution is -1.99. The van der Waals surface area contributed by atoms with Gasteiger partial charge in [0, 0.05) is 11.8 Å². The fraction of sp³-hybridized carbons (Fsp3) is 0.0667. The number of ether oxygens (including phenoxy) is 1. The Morgan fingerprint density at radius 3 is 2.58 bits per heavy atom. The molecular formula is C15H13NO3. The molecule has 2 aromatic carbocycles. The highest BCUT2D eigenvalue weighted by Gasteiger charge is 2.09. The van der Waals surface area contributed by atoms with E-state index in [0.29, 0.717) is 16.9 Å². The molecule has 0 radical (unpaired) electrons. The quantitative estimate of drug-likeness (QED) is 0.858. The Labute approximate surface area is 111 Å². The standard InChI is InChI=1S/C15H13NO3/c1-19-14-9-5-3-7-12(14)15(18)16-10-11-6-2-4-8-13(11)17/h2-10,17H,1H3. The van der Waals surface area contributed by atoms with Crippen molar-refractivity contribution in [3.63, 3.8) is 0 Å². The fourth-order valence-electron chi connectivity index (χ4n) is 1.62. The number of phenolic OH excluding ortho intramolecular Hbond substituents is 1. The van der Waals surface area contributed by atoms with Gasteiger partial charge in [-0.2, -0.15) is 0 Å². The molecule has 0 aliphatic rings. The van der Waals surface area contributed by atoms with Crippen molar-refractivity contribution in [2.75, 3.05) is 7.11 Å². The van der Waals surface area contributed by atoms with Gasteiger partial charge in [0.1, 0.15) is 11.5 Å². The zero-order valence-corrected chi connectivity index (χ0v) is 10.4. The average Bonchev–Trinajstić information content (AvgIpc) is 2.46. The number of aromatic hydroxyl groups is 1. The number of para-hydroxylation sites is 2. The van der Waals surface area contributed by atoms with Crippen LogP contribution in [0.15, 0.2) is 53.5 Å². The maximum atomic E-state index is 11.9. The zero-order chi connectivity index (χ0) is 13.7. The van der Waals surface area contributed by atoms with Gasteiger partial charge in [-0.25, -0.2) is 4.99 Å². The average molecular weight is 255 g/mol. The first kappa shape index (κ1) is 12.8. The number of benzene rings is 2. The van der Waals surface area contributed by atoms with Gasteiger partial charge in [-0.05, 0) is 24.3 Å². The van der Waals surface area contributed by atoms with Gasteiger partial charge in [-0.3, -0.25) is 4.79 Å². The molecule has 0 saturated carbocycles. The van der Waals surface area contributed by atoms with E-state index in [1.165, 1.54) is 19.4 Å². The monoisotopic (exact) mass is 255 g/mol. The van der Waals surface area contributed by atoms with Gasteiger partial charge in [0.15, 0.2) is 0 Å². The number of carbonyl (C=O) groups is 1. The topological polar surface area (TPSA) is 58.9 Å². The van der Waals surface area contributed by atoms with Crippen LogP contribution in [0.4, 0.5) is 0 Å². The SMILES string of the molecule is COc1ccccc1C(=O)N=Cc1ccccc1O. The summed E-state index contributed by atoms with van der Waals surface area (Å²) in [5.74, 6) is 0.140. The fourth-order valence-corrected chi connectivity index (χ4v) is 1.62. The van der Waals surface area contributed by atoms with Crippen LogP contribution >= 0.6 is 0 Å². The van der Waals surface area contributed by atoms with Gasteiger partial charge in [0.05, 0.1) is 12.7 Å². The summed E-state index contributed by atoms with van der Waals surface area (Å²) in [6, 6.07) is 13.5. The minimum atomic E-state index is -0.416. The number of hydrogen-bond donors (Lipinski definition) is 1. The van der Waals surface area contributed by atoms with Crippen molar-refractivity contribution in [2.24, 2.45) is 4.99 Å². The lowest BCUT2D eigenvalue weighted by atomic mass is 10.2. The van der Waals surface area contributed by atoms with Crippen molar-refractivity contribution in [3.05, 3.63) is 59.7 Å². The van der Waals surface area contributed by atoms with E-state index in [4.69, 9.17) is 4.74 Å². The Bertz CT molecular complexity index is 620. The predicted molar refractivity (Wildman–Crippen MR) is 73.0 cm³/mol. The minimum absolute atomic E-state index is 0.0825. The molecule has 0 aliphatic heterocycles. The number of hydrogen-bond acceptors (Lipinski definition) is 3. The molecule has 0 aromatic heterocycles. The van der Waals surface area contributed by atoms with E-state index in [1.54, 1.807) is 42.5 Å². The van der Waals surface area contributed by atoms with Gasteiger partial charge in [0.25, 0.3) is 5.91 Å². The summed E-state index contributed by atoms with van der Waals surface area (Å²) < 4.78 is 5.10. The first-order valence-corrected chi connectivity index (χ1v) is 5.72. The molecule has 0 aliphatic carbocycles. The molecule has 1 N–H and O–H groups in total. The molecule has 0 bridgehead atoms. The third-order valence-electron chi connectivity index (χ3n) is 2.60. The Kier molecular flexibility index (Phi) is 3.93. The number of rotatable bonds is 3. The summed E-state index contributed by atoms with van der Waals surface area (Å²) >= 11 is 0. The summed E-state index contributed by atoms with van der Waals surface area (Å²) in [6.45, 7) is 0. The zero-order valence-electron chi connectivity index (χ0n) is 10.4. The van der Waals surface area contributed by atoms with Crippen LogP contribution in [-0.4, -0.2) is 24.3 Å². The molecule has 4 nitrogen and oxygen atoms in total. The smallest absolute Gasteiger partial charge is 0.280 e. The number of carbonyl (C=O) groups excluding carboxylic acids is 1. The molecule has 2 rings (SSSR count). The highest BCUT2D eigenvalue weighted by atomic mass is 16.5. The highest BCUT2D eigenvalue weighted by molar-refractivity contribution is 6.03. The molecule has 96 valence electrons. The van der Waals surface area contributed by atoms with E-state index in [2.05, 4.69) is 4.99 Å². The molecule has 0 unspecified atom stereocenters. The molecule has 1 amide bonds. The second kappa shape index (κ2) is 5.82. The number of phenols is 1. The van der Waals surface area contributed by atoms with Crippen molar-refractivity contribution >= 4 is 12.1 Å². The molecule has 4 heteroatoms. The lowest BCUT2D eigenvalue weighted by molar-refractivity contribution is 0.100.